The lowest BCUT2D eigenvalue weighted by Gasteiger charge is -2.22. The minimum Gasteiger partial charge on any atom is -0.316 e. The number of hydrogen-bond acceptors (Lipinski definition) is 3. The molecule has 1 unspecified atom stereocenters. The van der Waals surface area contributed by atoms with Crippen molar-refractivity contribution in [1.29, 1.82) is 0 Å². The molecule has 3 N–H and O–H groups in total. The van der Waals surface area contributed by atoms with Crippen LogP contribution in [0.4, 0.5) is 0 Å². The summed E-state index contributed by atoms with van der Waals surface area (Å²) >= 11 is 0. The van der Waals surface area contributed by atoms with Gasteiger partial charge in [-0.2, -0.15) is 13.1 Å². The molecular formula is C10H24ClN3O2S. The van der Waals surface area contributed by atoms with Crippen LogP contribution < -0.4 is 14.8 Å². The maximum absolute atomic E-state index is 11.4. The monoisotopic (exact) mass is 285 g/mol. The molecule has 0 saturated carbocycles. The summed E-state index contributed by atoms with van der Waals surface area (Å²) in [5, 5.41) is 3.32. The Morgan fingerprint density at radius 3 is 2.65 bits per heavy atom. The number of nitrogens with one attached hydrogen (secondary N) is 3. The van der Waals surface area contributed by atoms with Crippen LogP contribution in [-0.2, 0) is 10.2 Å². The van der Waals surface area contributed by atoms with Crippen LogP contribution >= 0.6 is 12.4 Å². The Bertz CT molecular complexity index is 290. The molecule has 0 aliphatic carbocycles. The summed E-state index contributed by atoms with van der Waals surface area (Å²) < 4.78 is 28.0. The van der Waals surface area contributed by atoms with Crippen molar-refractivity contribution in [1.82, 2.24) is 14.8 Å². The highest BCUT2D eigenvalue weighted by Crippen LogP contribution is 2.12. The first-order valence-electron chi connectivity index (χ1n) is 5.97. The Hall–Kier alpha value is 0.120. The van der Waals surface area contributed by atoms with Crippen molar-refractivity contribution in [2.24, 2.45) is 5.92 Å². The topological polar surface area (TPSA) is 70.2 Å². The second kappa shape index (κ2) is 8.26. The molecule has 1 aliphatic rings. The SMILES string of the molecule is CC(C)NS(=O)(=O)NCCC1CCCNC1.Cl. The van der Waals surface area contributed by atoms with E-state index in [-0.39, 0.29) is 18.4 Å². The lowest BCUT2D eigenvalue weighted by molar-refractivity contribution is 0.358. The lowest BCUT2D eigenvalue weighted by Crippen LogP contribution is -2.41. The molecular weight excluding hydrogens is 262 g/mol. The zero-order valence-corrected chi connectivity index (χ0v) is 12.2. The molecule has 0 aromatic rings. The highest BCUT2D eigenvalue weighted by molar-refractivity contribution is 7.87. The molecule has 1 aliphatic heterocycles. The first-order chi connectivity index (χ1) is 7.49. The lowest BCUT2D eigenvalue weighted by atomic mass is 9.96. The molecule has 0 spiro atoms. The summed E-state index contributed by atoms with van der Waals surface area (Å²) in [5.74, 6) is 0.607. The Kier molecular flexibility index (Phi) is 8.32. The Balaban J connectivity index is 0.00000256. The van der Waals surface area contributed by atoms with Gasteiger partial charge in [-0.05, 0) is 52.1 Å². The number of hydrogen-bond donors (Lipinski definition) is 3. The fourth-order valence-corrected chi connectivity index (χ4v) is 3.01. The molecule has 0 aromatic heterocycles. The van der Waals surface area contributed by atoms with Gasteiger partial charge in [-0.25, -0.2) is 4.72 Å². The maximum Gasteiger partial charge on any atom is 0.277 e. The van der Waals surface area contributed by atoms with Gasteiger partial charge in [-0.1, -0.05) is 0 Å². The summed E-state index contributed by atoms with van der Waals surface area (Å²) in [6, 6.07) is -0.0613. The van der Waals surface area contributed by atoms with Crippen molar-refractivity contribution in [2.75, 3.05) is 19.6 Å². The third-order valence-electron chi connectivity index (χ3n) is 2.63. The average Bonchev–Trinajstić information content (AvgIpc) is 2.16. The minimum absolute atomic E-state index is 0. The Morgan fingerprint density at radius 2 is 2.12 bits per heavy atom. The Morgan fingerprint density at radius 1 is 1.41 bits per heavy atom. The van der Waals surface area contributed by atoms with E-state index in [1.54, 1.807) is 0 Å². The van der Waals surface area contributed by atoms with Gasteiger partial charge in [0.15, 0.2) is 0 Å². The van der Waals surface area contributed by atoms with Gasteiger partial charge in [0.2, 0.25) is 0 Å². The van der Waals surface area contributed by atoms with E-state index >= 15 is 0 Å². The summed E-state index contributed by atoms with van der Waals surface area (Å²) in [6.07, 6.45) is 3.31. The third kappa shape index (κ3) is 7.94. The zero-order valence-electron chi connectivity index (χ0n) is 10.5. The summed E-state index contributed by atoms with van der Waals surface area (Å²) in [6.45, 7) is 6.25. The molecule has 5 nitrogen and oxygen atoms in total. The normalized spacial score (nSPS) is 21.2. The van der Waals surface area contributed by atoms with E-state index in [0.29, 0.717) is 12.5 Å². The zero-order chi connectivity index (χ0) is 12.0. The molecule has 104 valence electrons. The van der Waals surface area contributed by atoms with Crippen molar-refractivity contribution in [2.45, 2.75) is 39.2 Å². The largest absolute Gasteiger partial charge is 0.316 e. The van der Waals surface area contributed by atoms with Gasteiger partial charge in [0.1, 0.15) is 0 Å². The van der Waals surface area contributed by atoms with Crippen molar-refractivity contribution < 1.29 is 8.42 Å². The van der Waals surface area contributed by atoms with Crippen LogP contribution in [0.2, 0.25) is 0 Å². The van der Waals surface area contributed by atoms with E-state index in [2.05, 4.69) is 14.8 Å². The summed E-state index contributed by atoms with van der Waals surface area (Å²) in [5.41, 5.74) is 0. The van der Waals surface area contributed by atoms with Crippen LogP contribution in [0.5, 0.6) is 0 Å². The predicted molar refractivity (Wildman–Crippen MR) is 72.7 cm³/mol. The van der Waals surface area contributed by atoms with E-state index in [1.165, 1.54) is 12.8 Å². The smallest absolute Gasteiger partial charge is 0.277 e. The molecule has 17 heavy (non-hydrogen) atoms. The van der Waals surface area contributed by atoms with Crippen molar-refractivity contribution in [3.63, 3.8) is 0 Å². The van der Waals surface area contributed by atoms with Gasteiger partial charge in [0, 0.05) is 12.6 Å². The van der Waals surface area contributed by atoms with Gasteiger partial charge in [-0.3, -0.25) is 0 Å². The molecule has 7 heteroatoms. The maximum atomic E-state index is 11.4. The molecule has 1 heterocycles. The summed E-state index contributed by atoms with van der Waals surface area (Å²) in [7, 11) is -3.30. The van der Waals surface area contributed by atoms with E-state index in [0.717, 1.165) is 19.5 Å². The highest BCUT2D eigenvalue weighted by Gasteiger charge is 2.15. The standard InChI is InChI=1S/C10H23N3O2S.ClH/c1-9(2)13-16(14,15)12-7-5-10-4-3-6-11-8-10;/h9-13H,3-8H2,1-2H3;1H. The predicted octanol–water partition coefficient (Wildman–Crippen LogP) is 0.630. The van der Waals surface area contributed by atoms with Gasteiger partial charge < -0.3 is 5.32 Å². The number of rotatable bonds is 6. The summed E-state index contributed by atoms with van der Waals surface area (Å²) in [4.78, 5) is 0. The average molecular weight is 286 g/mol. The fraction of sp³-hybridized carbons (Fsp3) is 1.00. The van der Waals surface area contributed by atoms with Crippen LogP contribution in [0.1, 0.15) is 33.1 Å². The number of piperidine rings is 1. The van der Waals surface area contributed by atoms with Gasteiger partial charge >= 0.3 is 0 Å². The van der Waals surface area contributed by atoms with Crippen LogP contribution in [0.3, 0.4) is 0 Å². The van der Waals surface area contributed by atoms with E-state index in [1.807, 2.05) is 13.8 Å². The third-order valence-corrected chi connectivity index (χ3v) is 4.00. The van der Waals surface area contributed by atoms with Gasteiger partial charge in [0.25, 0.3) is 10.2 Å². The molecule has 0 aromatic carbocycles. The van der Waals surface area contributed by atoms with E-state index < -0.39 is 10.2 Å². The van der Waals surface area contributed by atoms with E-state index in [4.69, 9.17) is 0 Å². The second-order valence-corrected chi connectivity index (χ2v) is 6.20. The molecule has 0 radical (unpaired) electrons. The van der Waals surface area contributed by atoms with Crippen molar-refractivity contribution in [3.05, 3.63) is 0 Å². The van der Waals surface area contributed by atoms with Crippen LogP contribution in [0, 0.1) is 5.92 Å². The quantitative estimate of drug-likeness (QED) is 0.670. The molecule has 1 rings (SSSR count). The minimum atomic E-state index is -3.30. The molecule has 1 fully saturated rings. The molecule has 0 bridgehead atoms. The van der Waals surface area contributed by atoms with E-state index in [9.17, 15) is 8.42 Å². The van der Waals surface area contributed by atoms with Crippen LogP contribution in [0.25, 0.3) is 0 Å². The second-order valence-electron chi connectivity index (χ2n) is 4.67. The van der Waals surface area contributed by atoms with Crippen LogP contribution in [-0.4, -0.2) is 34.1 Å². The van der Waals surface area contributed by atoms with Crippen LogP contribution in [0.15, 0.2) is 0 Å². The van der Waals surface area contributed by atoms with Gasteiger partial charge in [0.05, 0.1) is 0 Å². The van der Waals surface area contributed by atoms with Gasteiger partial charge in [-0.15, -0.1) is 12.4 Å². The number of halogens is 1. The highest BCUT2D eigenvalue weighted by atomic mass is 35.5. The molecule has 1 saturated heterocycles. The van der Waals surface area contributed by atoms with Crippen molar-refractivity contribution in [3.8, 4) is 0 Å². The molecule has 0 amide bonds. The first kappa shape index (κ1) is 17.1. The van der Waals surface area contributed by atoms with Crippen molar-refractivity contribution >= 4 is 22.6 Å². The fourth-order valence-electron chi connectivity index (χ4n) is 1.92. The molecule has 1 atom stereocenters. The first-order valence-corrected chi connectivity index (χ1v) is 7.45. The Labute approximate surface area is 111 Å².